The first-order chi connectivity index (χ1) is 7.74. The van der Waals surface area contributed by atoms with Crippen molar-refractivity contribution >= 4 is 5.91 Å². The van der Waals surface area contributed by atoms with E-state index in [1.807, 2.05) is 30.3 Å². The molecule has 1 aromatic heterocycles. The van der Waals surface area contributed by atoms with Crippen molar-refractivity contribution in [1.82, 2.24) is 10.5 Å². The molecular formula is C12H12N2O2. The van der Waals surface area contributed by atoms with E-state index in [2.05, 4.69) is 10.5 Å². The number of rotatable bonds is 2. The van der Waals surface area contributed by atoms with Gasteiger partial charge in [-0.25, -0.2) is 0 Å². The van der Waals surface area contributed by atoms with E-state index in [-0.39, 0.29) is 5.91 Å². The maximum absolute atomic E-state index is 11.7. The zero-order chi connectivity index (χ0) is 11.5. The average molecular weight is 216 g/mol. The van der Waals surface area contributed by atoms with Gasteiger partial charge in [0.2, 0.25) is 0 Å². The van der Waals surface area contributed by atoms with Crippen molar-refractivity contribution < 1.29 is 9.32 Å². The number of hydrogen-bond acceptors (Lipinski definition) is 3. The third kappa shape index (κ3) is 1.69. The Labute approximate surface area is 93.3 Å². The summed E-state index contributed by atoms with van der Waals surface area (Å²) >= 11 is 0. The number of carbonyl (C=O) groups excluding carboxylic acids is 1. The number of nitrogens with one attached hydrogen (secondary N) is 1. The van der Waals surface area contributed by atoms with Gasteiger partial charge in [0, 0.05) is 12.6 Å². The summed E-state index contributed by atoms with van der Waals surface area (Å²) in [6.07, 6.45) is 0. The van der Waals surface area contributed by atoms with Crippen LogP contribution in [0.2, 0.25) is 0 Å². The van der Waals surface area contributed by atoms with Crippen LogP contribution in [0.5, 0.6) is 0 Å². The number of aryl methyl sites for hydroxylation is 1. The maximum Gasteiger partial charge on any atom is 0.256 e. The van der Waals surface area contributed by atoms with Crippen LogP contribution in [0.3, 0.4) is 0 Å². The highest BCUT2D eigenvalue weighted by molar-refractivity contribution is 6.00. The first-order valence-corrected chi connectivity index (χ1v) is 4.98. The van der Waals surface area contributed by atoms with E-state index >= 15 is 0 Å². The van der Waals surface area contributed by atoms with Crippen LogP contribution in [-0.4, -0.2) is 18.1 Å². The van der Waals surface area contributed by atoms with Crippen molar-refractivity contribution in [1.29, 1.82) is 0 Å². The van der Waals surface area contributed by atoms with Crippen molar-refractivity contribution in [2.45, 2.75) is 6.92 Å². The second-order valence-corrected chi connectivity index (χ2v) is 3.42. The molecule has 1 N–H and O–H groups in total. The summed E-state index contributed by atoms with van der Waals surface area (Å²) in [4.78, 5) is 11.7. The van der Waals surface area contributed by atoms with Gasteiger partial charge in [-0.1, -0.05) is 35.5 Å². The van der Waals surface area contributed by atoms with Crippen LogP contribution in [0.15, 0.2) is 34.9 Å². The normalized spacial score (nSPS) is 10.1. The lowest BCUT2D eigenvalue weighted by atomic mass is 10.1. The quantitative estimate of drug-likeness (QED) is 0.835. The van der Waals surface area contributed by atoms with E-state index in [1.54, 1.807) is 14.0 Å². The first-order valence-electron chi connectivity index (χ1n) is 4.98. The molecule has 4 nitrogen and oxygen atoms in total. The Morgan fingerprint density at radius 1 is 1.31 bits per heavy atom. The number of carbonyl (C=O) groups is 1. The Bertz CT molecular complexity index is 503. The number of amides is 1. The summed E-state index contributed by atoms with van der Waals surface area (Å²) in [5, 5.41) is 6.41. The van der Waals surface area contributed by atoms with E-state index in [0.29, 0.717) is 17.0 Å². The van der Waals surface area contributed by atoms with E-state index in [9.17, 15) is 4.79 Å². The predicted molar refractivity (Wildman–Crippen MR) is 60.1 cm³/mol. The lowest BCUT2D eigenvalue weighted by Crippen LogP contribution is -2.18. The molecule has 0 saturated heterocycles. The van der Waals surface area contributed by atoms with Crippen molar-refractivity contribution in [3.63, 3.8) is 0 Å². The van der Waals surface area contributed by atoms with Crippen LogP contribution in [0.4, 0.5) is 0 Å². The molecule has 1 heterocycles. The van der Waals surface area contributed by atoms with E-state index in [4.69, 9.17) is 4.52 Å². The topological polar surface area (TPSA) is 55.1 Å². The molecule has 4 heteroatoms. The zero-order valence-corrected chi connectivity index (χ0v) is 9.15. The molecule has 0 fully saturated rings. The molecule has 2 aromatic rings. The van der Waals surface area contributed by atoms with Gasteiger partial charge in [-0.3, -0.25) is 4.79 Å². The third-order valence-corrected chi connectivity index (χ3v) is 2.35. The largest absolute Gasteiger partial charge is 0.355 e. The minimum Gasteiger partial charge on any atom is -0.355 e. The van der Waals surface area contributed by atoms with Gasteiger partial charge in [-0.05, 0) is 6.92 Å². The van der Waals surface area contributed by atoms with Crippen molar-refractivity contribution in [3.8, 4) is 11.3 Å². The third-order valence-electron chi connectivity index (χ3n) is 2.35. The van der Waals surface area contributed by atoms with Gasteiger partial charge in [-0.2, -0.15) is 0 Å². The summed E-state index contributed by atoms with van der Waals surface area (Å²) < 4.78 is 5.19. The smallest absolute Gasteiger partial charge is 0.256 e. The number of nitrogens with zero attached hydrogens (tertiary/aromatic N) is 1. The first kappa shape index (κ1) is 10.4. The van der Waals surface area contributed by atoms with E-state index in [1.165, 1.54) is 0 Å². The van der Waals surface area contributed by atoms with Crippen LogP contribution in [0.25, 0.3) is 11.3 Å². The molecule has 0 aliphatic rings. The van der Waals surface area contributed by atoms with Crippen molar-refractivity contribution in [2.24, 2.45) is 0 Å². The fourth-order valence-electron chi connectivity index (χ4n) is 1.55. The number of aromatic nitrogens is 1. The molecule has 0 aliphatic carbocycles. The van der Waals surface area contributed by atoms with E-state index < -0.39 is 0 Å². The molecule has 0 saturated carbocycles. The van der Waals surface area contributed by atoms with Gasteiger partial charge in [0.25, 0.3) is 5.91 Å². The molecule has 82 valence electrons. The van der Waals surface area contributed by atoms with Crippen LogP contribution in [-0.2, 0) is 0 Å². The SMILES string of the molecule is CNC(=O)c1c(C)noc1-c1ccccc1. The summed E-state index contributed by atoms with van der Waals surface area (Å²) in [6, 6.07) is 9.45. The second-order valence-electron chi connectivity index (χ2n) is 3.42. The predicted octanol–water partition coefficient (Wildman–Crippen LogP) is 2.01. The summed E-state index contributed by atoms with van der Waals surface area (Å²) in [7, 11) is 1.59. The van der Waals surface area contributed by atoms with Gasteiger partial charge < -0.3 is 9.84 Å². The van der Waals surface area contributed by atoms with Crippen molar-refractivity contribution in [2.75, 3.05) is 7.05 Å². The molecule has 16 heavy (non-hydrogen) atoms. The highest BCUT2D eigenvalue weighted by Gasteiger charge is 2.20. The van der Waals surface area contributed by atoms with Gasteiger partial charge in [-0.15, -0.1) is 0 Å². The molecule has 0 atom stereocenters. The fraction of sp³-hybridized carbons (Fsp3) is 0.167. The highest BCUT2D eigenvalue weighted by Crippen LogP contribution is 2.25. The second kappa shape index (κ2) is 4.18. The van der Waals surface area contributed by atoms with Crippen LogP contribution in [0.1, 0.15) is 16.1 Å². The Morgan fingerprint density at radius 3 is 2.62 bits per heavy atom. The Morgan fingerprint density at radius 2 is 2.00 bits per heavy atom. The lowest BCUT2D eigenvalue weighted by molar-refractivity contribution is 0.0963. The Kier molecular flexibility index (Phi) is 2.72. The van der Waals surface area contributed by atoms with Gasteiger partial charge in [0.15, 0.2) is 5.76 Å². The minimum atomic E-state index is -0.183. The Hall–Kier alpha value is -2.10. The lowest BCUT2D eigenvalue weighted by Gasteiger charge is -2.00. The summed E-state index contributed by atoms with van der Waals surface area (Å²) in [5.74, 6) is 0.329. The standard InChI is InChI=1S/C12H12N2O2/c1-8-10(12(15)13-2)11(16-14-8)9-6-4-3-5-7-9/h3-7H,1-2H3,(H,13,15). The average Bonchev–Trinajstić information content (AvgIpc) is 2.71. The molecule has 1 amide bonds. The Balaban J connectivity index is 2.55. The fourth-order valence-corrected chi connectivity index (χ4v) is 1.55. The van der Waals surface area contributed by atoms with Gasteiger partial charge >= 0.3 is 0 Å². The highest BCUT2D eigenvalue weighted by atomic mass is 16.5. The van der Waals surface area contributed by atoms with Crippen molar-refractivity contribution in [3.05, 3.63) is 41.6 Å². The summed E-state index contributed by atoms with van der Waals surface area (Å²) in [5.41, 5.74) is 1.94. The molecule has 0 aliphatic heterocycles. The number of hydrogen-bond donors (Lipinski definition) is 1. The molecule has 0 radical (unpaired) electrons. The summed E-state index contributed by atoms with van der Waals surface area (Å²) in [6.45, 7) is 1.75. The molecule has 0 spiro atoms. The molecule has 1 aromatic carbocycles. The van der Waals surface area contributed by atoms with Gasteiger partial charge in [0.1, 0.15) is 5.56 Å². The van der Waals surface area contributed by atoms with Crippen LogP contribution in [0, 0.1) is 6.92 Å². The van der Waals surface area contributed by atoms with Crippen LogP contribution >= 0.6 is 0 Å². The molecule has 0 bridgehead atoms. The molecule has 0 unspecified atom stereocenters. The van der Waals surface area contributed by atoms with Gasteiger partial charge in [0.05, 0.1) is 5.69 Å². The number of benzene rings is 1. The van der Waals surface area contributed by atoms with Crippen LogP contribution < -0.4 is 5.32 Å². The maximum atomic E-state index is 11.7. The monoisotopic (exact) mass is 216 g/mol. The molecular weight excluding hydrogens is 204 g/mol. The van der Waals surface area contributed by atoms with E-state index in [0.717, 1.165) is 5.56 Å². The molecule has 2 rings (SSSR count). The zero-order valence-electron chi connectivity index (χ0n) is 9.15. The minimum absolute atomic E-state index is 0.183.